The fourth-order valence-corrected chi connectivity index (χ4v) is 3.01. The van der Waals surface area contributed by atoms with Crippen molar-refractivity contribution < 1.29 is 21.6 Å². The Kier molecular flexibility index (Phi) is 4.34. The summed E-state index contributed by atoms with van der Waals surface area (Å²) in [5.41, 5.74) is 0.544. The van der Waals surface area contributed by atoms with E-state index in [1.54, 1.807) is 6.92 Å². The number of sulfonamides is 1. The molecule has 1 atom stereocenters. The van der Waals surface area contributed by atoms with Crippen LogP contribution >= 0.6 is 0 Å². The molecule has 0 bridgehead atoms. The maximum Gasteiger partial charge on any atom is 0.241 e. The van der Waals surface area contributed by atoms with E-state index in [1.807, 2.05) is 0 Å². The van der Waals surface area contributed by atoms with Gasteiger partial charge >= 0.3 is 0 Å². The SMILES string of the molecule is CC(NS(=O)(=O)c1ccc(F)c(F)c1)c1ccc(F)cc1. The van der Waals surface area contributed by atoms with E-state index < -0.39 is 33.5 Å². The summed E-state index contributed by atoms with van der Waals surface area (Å²) in [6, 6.07) is 6.96. The van der Waals surface area contributed by atoms with Gasteiger partial charge < -0.3 is 0 Å². The van der Waals surface area contributed by atoms with Gasteiger partial charge in [-0.3, -0.25) is 0 Å². The highest BCUT2D eigenvalue weighted by atomic mass is 32.2. The summed E-state index contributed by atoms with van der Waals surface area (Å²) >= 11 is 0. The Labute approximate surface area is 120 Å². The van der Waals surface area contributed by atoms with Crippen LogP contribution in [0.15, 0.2) is 47.4 Å². The zero-order valence-corrected chi connectivity index (χ0v) is 11.8. The molecule has 0 aliphatic rings. The zero-order valence-electron chi connectivity index (χ0n) is 11.0. The number of hydrogen-bond donors (Lipinski definition) is 1. The molecule has 0 aromatic heterocycles. The maximum atomic E-state index is 13.1. The molecule has 3 nitrogen and oxygen atoms in total. The lowest BCUT2D eigenvalue weighted by Crippen LogP contribution is -2.27. The van der Waals surface area contributed by atoms with Gasteiger partial charge in [0.25, 0.3) is 0 Å². The first-order chi connectivity index (χ1) is 9.79. The Morgan fingerprint density at radius 2 is 1.57 bits per heavy atom. The van der Waals surface area contributed by atoms with Gasteiger partial charge in [0.15, 0.2) is 11.6 Å². The fraction of sp³-hybridized carbons (Fsp3) is 0.143. The Hall–Kier alpha value is -1.86. The summed E-state index contributed by atoms with van der Waals surface area (Å²) in [5, 5.41) is 0. The van der Waals surface area contributed by atoms with Crippen molar-refractivity contribution in [2.75, 3.05) is 0 Å². The molecule has 0 aliphatic heterocycles. The van der Waals surface area contributed by atoms with E-state index in [4.69, 9.17) is 0 Å². The molecule has 112 valence electrons. The van der Waals surface area contributed by atoms with Crippen LogP contribution in [0, 0.1) is 17.5 Å². The first kappa shape index (κ1) is 15.5. The van der Waals surface area contributed by atoms with Gasteiger partial charge in [-0.05, 0) is 42.8 Å². The van der Waals surface area contributed by atoms with Crippen LogP contribution in [0.25, 0.3) is 0 Å². The van der Waals surface area contributed by atoms with E-state index in [0.29, 0.717) is 11.6 Å². The minimum absolute atomic E-state index is 0.379. The molecule has 2 aromatic carbocycles. The second kappa shape index (κ2) is 5.87. The van der Waals surface area contributed by atoms with Crippen LogP contribution in [0.5, 0.6) is 0 Å². The monoisotopic (exact) mass is 315 g/mol. The lowest BCUT2D eigenvalue weighted by atomic mass is 10.1. The van der Waals surface area contributed by atoms with Gasteiger partial charge in [-0.25, -0.2) is 26.3 Å². The van der Waals surface area contributed by atoms with E-state index >= 15 is 0 Å². The molecule has 1 N–H and O–H groups in total. The van der Waals surface area contributed by atoms with E-state index in [9.17, 15) is 21.6 Å². The molecule has 2 rings (SSSR count). The van der Waals surface area contributed by atoms with Crippen molar-refractivity contribution in [1.82, 2.24) is 4.72 Å². The second-order valence-corrected chi connectivity index (χ2v) is 6.18. The van der Waals surface area contributed by atoms with E-state index in [0.717, 1.165) is 12.1 Å². The summed E-state index contributed by atoms with van der Waals surface area (Å²) in [5.74, 6) is -2.80. The highest BCUT2D eigenvalue weighted by Crippen LogP contribution is 2.18. The average molecular weight is 315 g/mol. The predicted octanol–water partition coefficient (Wildman–Crippen LogP) is 3.14. The van der Waals surface area contributed by atoms with Gasteiger partial charge in [-0.2, -0.15) is 0 Å². The minimum Gasteiger partial charge on any atom is -0.207 e. The molecule has 2 aromatic rings. The zero-order chi connectivity index (χ0) is 15.6. The normalized spacial score (nSPS) is 13.1. The van der Waals surface area contributed by atoms with Crippen molar-refractivity contribution in [3.05, 3.63) is 65.5 Å². The third kappa shape index (κ3) is 3.62. The molecular weight excluding hydrogens is 303 g/mol. The number of hydrogen-bond acceptors (Lipinski definition) is 2. The Balaban J connectivity index is 2.24. The minimum atomic E-state index is -4.01. The number of nitrogens with one attached hydrogen (secondary N) is 1. The summed E-state index contributed by atoms with van der Waals surface area (Å²) in [7, 11) is -4.01. The summed E-state index contributed by atoms with van der Waals surface area (Å²) in [6.45, 7) is 1.56. The number of rotatable bonds is 4. The van der Waals surface area contributed by atoms with Crippen molar-refractivity contribution in [2.24, 2.45) is 0 Å². The highest BCUT2D eigenvalue weighted by molar-refractivity contribution is 7.89. The third-order valence-corrected chi connectivity index (χ3v) is 4.44. The van der Waals surface area contributed by atoms with Gasteiger partial charge in [-0.15, -0.1) is 0 Å². The lowest BCUT2D eigenvalue weighted by molar-refractivity contribution is 0.503. The highest BCUT2D eigenvalue weighted by Gasteiger charge is 2.20. The number of halogens is 3. The van der Waals surface area contributed by atoms with Crippen molar-refractivity contribution in [1.29, 1.82) is 0 Å². The van der Waals surface area contributed by atoms with Crippen molar-refractivity contribution in [3.8, 4) is 0 Å². The van der Waals surface area contributed by atoms with E-state index in [-0.39, 0.29) is 4.90 Å². The van der Waals surface area contributed by atoms with Crippen molar-refractivity contribution >= 4 is 10.0 Å². The quantitative estimate of drug-likeness (QED) is 0.942. The Bertz CT molecular complexity index is 745. The molecule has 0 saturated carbocycles. The van der Waals surface area contributed by atoms with Crippen LogP contribution in [0.3, 0.4) is 0 Å². The van der Waals surface area contributed by atoms with Crippen LogP contribution in [-0.2, 0) is 10.0 Å². The standard InChI is InChI=1S/C14H12F3NO2S/c1-9(10-2-4-11(15)5-3-10)18-21(19,20)12-6-7-13(16)14(17)8-12/h2-9,18H,1H3. The summed E-state index contributed by atoms with van der Waals surface area (Å²) in [4.78, 5) is -0.379. The molecule has 7 heteroatoms. The van der Waals surface area contributed by atoms with Crippen LogP contribution in [0.2, 0.25) is 0 Å². The molecule has 0 spiro atoms. The third-order valence-electron chi connectivity index (χ3n) is 2.90. The van der Waals surface area contributed by atoms with Gasteiger partial charge in [-0.1, -0.05) is 12.1 Å². The largest absolute Gasteiger partial charge is 0.241 e. The van der Waals surface area contributed by atoms with Crippen LogP contribution < -0.4 is 4.72 Å². The molecule has 0 amide bonds. The fourth-order valence-electron chi connectivity index (χ4n) is 1.76. The van der Waals surface area contributed by atoms with Gasteiger partial charge in [0, 0.05) is 6.04 Å². The number of benzene rings is 2. The Morgan fingerprint density at radius 1 is 0.952 bits per heavy atom. The smallest absolute Gasteiger partial charge is 0.207 e. The topological polar surface area (TPSA) is 46.2 Å². The van der Waals surface area contributed by atoms with Gasteiger partial charge in [0.2, 0.25) is 10.0 Å². The van der Waals surface area contributed by atoms with E-state index in [2.05, 4.69) is 4.72 Å². The maximum absolute atomic E-state index is 13.1. The molecule has 21 heavy (non-hydrogen) atoms. The van der Waals surface area contributed by atoms with Gasteiger partial charge in [0.05, 0.1) is 4.90 Å². The van der Waals surface area contributed by atoms with E-state index in [1.165, 1.54) is 24.3 Å². The summed E-state index contributed by atoms with van der Waals surface area (Å²) < 4.78 is 65.2. The molecule has 0 saturated heterocycles. The van der Waals surface area contributed by atoms with Crippen LogP contribution in [0.1, 0.15) is 18.5 Å². The molecular formula is C14H12F3NO2S. The molecule has 0 heterocycles. The average Bonchev–Trinajstić information content (AvgIpc) is 2.42. The van der Waals surface area contributed by atoms with Crippen molar-refractivity contribution in [2.45, 2.75) is 17.9 Å². The lowest BCUT2D eigenvalue weighted by Gasteiger charge is -2.14. The van der Waals surface area contributed by atoms with Crippen LogP contribution in [0.4, 0.5) is 13.2 Å². The Morgan fingerprint density at radius 3 is 2.14 bits per heavy atom. The van der Waals surface area contributed by atoms with Crippen molar-refractivity contribution in [3.63, 3.8) is 0 Å². The van der Waals surface area contributed by atoms with Gasteiger partial charge in [0.1, 0.15) is 5.82 Å². The second-order valence-electron chi connectivity index (χ2n) is 4.47. The van der Waals surface area contributed by atoms with Crippen LogP contribution in [-0.4, -0.2) is 8.42 Å². The summed E-state index contributed by atoms with van der Waals surface area (Å²) in [6.07, 6.45) is 0. The molecule has 0 fully saturated rings. The molecule has 0 aliphatic carbocycles. The predicted molar refractivity (Wildman–Crippen MR) is 71.5 cm³/mol. The first-order valence-electron chi connectivity index (χ1n) is 6.02. The molecule has 0 radical (unpaired) electrons. The first-order valence-corrected chi connectivity index (χ1v) is 7.51. The molecule has 1 unspecified atom stereocenters.